The monoisotopic (exact) mass is 365 g/mol. The topological polar surface area (TPSA) is 67.2 Å². The normalized spacial score (nSPS) is 16.7. The van der Waals surface area contributed by atoms with Crippen molar-refractivity contribution < 1.29 is 14.3 Å². The molecule has 134 valence electrons. The van der Waals surface area contributed by atoms with E-state index in [9.17, 15) is 14.3 Å². The third kappa shape index (κ3) is 3.70. The Kier molecular flexibility index (Phi) is 5.39. The molecule has 0 saturated heterocycles. The van der Waals surface area contributed by atoms with Crippen molar-refractivity contribution in [3.63, 3.8) is 0 Å². The van der Waals surface area contributed by atoms with E-state index >= 15 is 0 Å². The molecule has 25 heavy (non-hydrogen) atoms. The second kappa shape index (κ2) is 7.54. The molecule has 0 aliphatic heterocycles. The lowest BCUT2D eigenvalue weighted by Crippen LogP contribution is -2.35. The van der Waals surface area contributed by atoms with E-state index in [1.165, 1.54) is 6.07 Å². The summed E-state index contributed by atoms with van der Waals surface area (Å²) in [6.45, 7) is 3.08. The zero-order chi connectivity index (χ0) is 18.0. The summed E-state index contributed by atoms with van der Waals surface area (Å²) in [4.78, 5) is 11.5. The fraction of sp³-hybridized carbons (Fsp3) is 0.444. The molecule has 1 heterocycles. The van der Waals surface area contributed by atoms with Crippen molar-refractivity contribution in [1.29, 1.82) is 0 Å². The molecule has 2 N–H and O–H groups in total. The molecule has 1 aromatic heterocycles. The summed E-state index contributed by atoms with van der Waals surface area (Å²) in [5.74, 6) is -1.33. The molecule has 0 bridgehead atoms. The molecule has 0 amide bonds. The smallest absolute Gasteiger partial charge is 0.356 e. The number of hydrogen-bond acceptors (Lipinski definition) is 3. The van der Waals surface area contributed by atoms with Gasteiger partial charge in [0, 0.05) is 41.0 Å². The van der Waals surface area contributed by atoms with E-state index in [1.54, 1.807) is 12.1 Å². The quantitative estimate of drug-likeness (QED) is 0.823. The number of carbonyl (C=O) groups is 1. The van der Waals surface area contributed by atoms with Crippen LogP contribution in [0.3, 0.4) is 0 Å². The van der Waals surface area contributed by atoms with Crippen molar-refractivity contribution in [2.24, 2.45) is 0 Å². The summed E-state index contributed by atoms with van der Waals surface area (Å²) in [5.41, 5.74) is 2.39. The van der Waals surface area contributed by atoms with E-state index < -0.39 is 5.97 Å². The average Bonchev–Trinajstić information content (AvgIpc) is 2.93. The van der Waals surface area contributed by atoms with Crippen molar-refractivity contribution in [1.82, 2.24) is 15.1 Å². The molecule has 2 aromatic rings. The van der Waals surface area contributed by atoms with Crippen LogP contribution < -0.4 is 5.32 Å². The van der Waals surface area contributed by atoms with Crippen LogP contribution in [0.5, 0.6) is 0 Å². The molecule has 1 aromatic carbocycles. The summed E-state index contributed by atoms with van der Waals surface area (Å²) in [7, 11) is 0. The van der Waals surface area contributed by atoms with E-state index in [0.29, 0.717) is 23.6 Å². The SMILES string of the molecule is CCCn1nc(C(=O)O)c2c1CCC(NCc1c(F)cccc1Cl)C2. The highest BCUT2D eigenvalue weighted by atomic mass is 35.5. The third-order valence-corrected chi connectivity index (χ3v) is 4.97. The number of fused-ring (bicyclic) bond motifs is 1. The number of aryl methyl sites for hydroxylation is 1. The van der Waals surface area contributed by atoms with Crippen molar-refractivity contribution in [3.05, 3.63) is 51.6 Å². The van der Waals surface area contributed by atoms with Gasteiger partial charge < -0.3 is 10.4 Å². The Morgan fingerprint density at radius 3 is 3.00 bits per heavy atom. The zero-order valence-electron chi connectivity index (χ0n) is 14.1. The molecule has 1 unspecified atom stereocenters. The second-order valence-electron chi connectivity index (χ2n) is 6.32. The first kappa shape index (κ1) is 17.9. The van der Waals surface area contributed by atoms with Crippen molar-refractivity contribution in [2.45, 2.75) is 51.7 Å². The Morgan fingerprint density at radius 2 is 2.32 bits per heavy atom. The highest BCUT2D eigenvalue weighted by molar-refractivity contribution is 6.31. The van der Waals surface area contributed by atoms with Crippen LogP contribution in [-0.2, 0) is 25.9 Å². The van der Waals surface area contributed by atoms with Gasteiger partial charge in [-0.2, -0.15) is 5.10 Å². The van der Waals surface area contributed by atoms with Crippen molar-refractivity contribution in [3.8, 4) is 0 Å². The highest BCUT2D eigenvalue weighted by Crippen LogP contribution is 2.26. The first-order chi connectivity index (χ1) is 12.0. The van der Waals surface area contributed by atoms with E-state index in [2.05, 4.69) is 10.4 Å². The lowest BCUT2D eigenvalue weighted by Gasteiger charge is -2.24. The number of aromatic carboxylic acids is 1. The first-order valence-electron chi connectivity index (χ1n) is 8.49. The van der Waals surface area contributed by atoms with Gasteiger partial charge in [0.25, 0.3) is 0 Å². The number of halogens is 2. The summed E-state index contributed by atoms with van der Waals surface area (Å²) >= 11 is 6.06. The molecule has 1 aliphatic carbocycles. The number of nitrogens with one attached hydrogen (secondary N) is 1. The lowest BCUT2D eigenvalue weighted by molar-refractivity contribution is 0.0688. The van der Waals surface area contributed by atoms with Gasteiger partial charge in [-0.05, 0) is 37.8 Å². The Hall–Kier alpha value is -1.92. The molecule has 0 fully saturated rings. The van der Waals surface area contributed by atoms with Crippen LogP contribution in [0.2, 0.25) is 5.02 Å². The minimum Gasteiger partial charge on any atom is -0.476 e. The van der Waals surface area contributed by atoms with Crippen molar-refractivity contribution >= 4 is 17.6 Å². The van der Waals surface area contributed by atoms with E-state index in [4.69, 9.17) is 11.6 Å². The predicted octanol–water partition coefficient (Wildman–Crippen LogP) is 3.43. The van der Waals surface area contributed by atoms with Crippen LogP contribution in [0.25, 0.3) is 0 Å². The summed E-state index contributed by atoms with van der Waals surface area (Å²) in [6, 6.07) is 4.70. The first-order valence-corrected chi connectivity index (χ1v) is 8.87. The minimum atomic E-state index is -0.996. The number of carboxylic acid groups (broad SMARTS) is 1. The van der Waals surface area contributed by atoms with Gasteiger partial charge in [0.15, 0.2) is 5.69 Å². The number of hydrogen-bond donors (Lipinski definition) is 2. The van der Waals surface area contributed by atoms with E-state index in [-0.39, 0.29) is 17.6 Å². The molecule has 5 nitrogen and oxygen atoms in total. The van der Waals surface area contributed by atoms with Gasteiger partial charge in [-0.3, -0.25) is 4.68 Å². The second-order valence-corrected chi connectivity index (χ2v) is 6.73. The molecular weight excluding hydrogens is 345 g/mol. The molecule has 7 heteroatoms. The van der Waals surface area contributed by atoms with Crippen LogP contribution in [-0.4, -0.2) is 26.9 Å². The van der Waals surface area contributed by atoms with Gasteiger partial charge in [0.05, 0.1) is 0 Å². The van der Waals surface area contributed by atoms with Gasteiger partial charge >= 0.3 is 5.97 Å². The predicted molar refractivity (Wildman–Crippen MR) is 93.5 cm³/mol. The van der Waals surface area contributed by atoms with Gasteiger partial charge in [0.2, 0.25) is 0 Å². The Labute approximate surface area is 150 Å². The standard InChI is InChI=1S/C18H21ClFN3O2/c1-2-8-23-16-7-6-11(9-12(16)17(22-23)18(24)25)21-10-13-14(19)4-3-5-15(13)20/h3-5,11,21H,2,6-10H2,1H3,(H,24,25). The van der Waals surface area contributed by atoms with E-state index in [1.807, 2.05) is 11.6 Å². The molecule has 0 spiro atoms. The molecule has 0 saturated carbocycles. The molecular formula is C18H21ClFN3O2. The number of nitrogens with zero attached hydrogens (tertiary/aromatic N) is 2. The Balaban J connectivity index is 1.76. The summed E-state index contributed by atoms with van der Waals surface area (Å²) in [6.07, 6.45) is 3.10. The van der Waals surface area contributed by atoms with Gasteiger partial charge in [-0.1, -0.05) is 24.6 Å². The highest BCUT2D eigenvalue weighted by Gasteiger charge is 2.28. The summed E-state index contributed by atoms with van der Waals surface area (Å²) < 4.78 is 15.7. The Bertz CT molecular complexity index is 771. The Morgan fingerprint density at radius 1 is 1.52 bits per heavy atom. The van der Waals surface area contributed by atoms with Crippen LogP contribution in [0, 0.1) is 5.82 Å². The van der Waals surface area contributed by atoms with Gasteiger partial charge in [-0.15, -0.1) is 0 Å². The molecule has 1 atom stereocenters. The van der Waals surface area contributed by atoms with E-state index in [0.717, 1.165) is 37.1 Å². The van der Waals surface area contributed by atoms with Crippen LogP contribution >= 0.6 is 11.6 Å². The van der Waals surface area contributed by atoms with Crippen LogP contribution in [0.1, 0.15) is 47.1 Å². The third-order valence-electron chi connectivity index (χ3n) is 4.61. The lowest BCUT2D eigenvalue weighted by atomic mass is 9.91. The van der Waals surface area contributed by atoms with Crippen LogP contribution in [0.15, 0.2) is 18.2 Å². The number of rotatable bonds is 6. The van der Waals surface area contributed by atoms with Gasteiger partial charge in [-0.25, -0.2) is 9.18 Å². The fourth-order valence-corrected chi connectivity index (χ4v) is 3.61. The number of carboxylic acids is 1. The van der Waals surface area contributed by atoms with Gasteiger partial charge in [0.1, 0.15) is 5.82 Å². The zero-order valence-corrected chi connectivity index (χ0v) is 14.8. The maximum atomic E-state index is 13.9. The number of benzene rings is 1. The maximum Gasteiger partial charge on any atom is 0.356 e. The minimum absolute atomic E-state index is 0.0700. The average molecular weight is 366 g/mol. The van der Waals surface area contributed by atoms with Crippen molar-refractivity contribution in [2.75, 3.05) is 0 Å². The number of aromatic nitrogens is 2. The molecule has 3 rings (SSSR count). The van der Waals surface area contributed by atoms with Crippen LogP contribution in [0.4, 0.5) is 4.39 Å². The molecule has 1 aliphatic rings. The largest absolute Gasteiger partial charge is 0.476 e. The summed E-state index contributed by atoms with van der Waals surface area (Å²) in [5, 5.41) is 17.4. The molecule has 0 radical (unpaired) electrons. The fourth-order valence-electron chi connectivity index (χ4n) is 3.38. The maximum absolute atomic E-state index is 13.9.